The van der Waals surface area contributed by atoms with E-state index in [1.807, 2.05) is 36.5 Å². The monoisotopic (exact) mass is 254 g/mol. The topological polar surface area (TPSA) is 58.0 Å². The number of aromatic amines is 1. The lowest BCUT2D eigenvalue weighted by atomic mass is 10.1. The third kappa shape index (κ3) is 2.68. The summed E-state index contributed by atoms with van der Waals surface area (Å²) in [7, 11) is 0. The van der Waals surface area contributed by atoms with Gasteiger partial charge in [0, 0.05) is 11.7 Å². The van der Waals surface area contributed by atoms with E-state index in [0.29, 0.717) is 13.0 Å². The van der Waals surface area contributed by atoms with Crippen LogP contribution in [0.15, 0.2) is 53.3 Å². The van der Waals surface area contributed by atoms with Gasteiger partial charge in [-0.1, -0.05) is 12.1 Å². The van der Waals surface area contributed by atoms with Gasteiger partial charge >= 0.3 is 0 Å². The fourth-order valence-corrected chi connectivity index (χ4v) is 2.05. The fourth-order valence-electron chi connectivity index (χ4n) is 2.05. The van der Waals surface area contributed by atoms with Gasteiger partial charge in [-0.05, 0) is 35.2 Å². The molecule has 0 unspecified atom stereocenters. The van der Waals surface area contributed by atoms with Gasteiger partial charge in [0.15, 0.2) is 0 Å². The van der Waals surface area contributed by atoms with E-state index < -0.39 is 0 Å². The molecule has 0 spiro atoms. The molecule has 0 saturated heterocycles. The minimum Gasteiger partial charge on any atom is -0.467 e. The molecule has 2 N–H and O–H groups in total. The van der Waals surface area contributed by atoms with Crippen LogP contribution in [-0.4, -0.2) is 10.9 Å². The van der Waals surface area contributed by atoms with Gasteiger partial charge in [0.2, 0.25) is 5.91 Å². The summed E-state index contributed by atoms with van der Waals surface area (Å²) in [5, 5.41) is 3.99. The standard InChI is InChI=1S/C15H14N2O2/c18-15(17-10-13-2-1-7-19-13)9-11-3-4-12-5-6-16-14(12)8-11/h1-8,16H,9-10H2,(H,17,18). The molecule has 0 bridgehead atoms. The van der Waals surface area contributed by atoms with Gasteiger partial charge in [-0.15, -0.1) is 0 Å². The average molecular weight is 254 g/mol. The van der Waals surface area contributed by atoms with Crippen molar-refractivity contribution in [1.82, 2.24) is 10.3 Å². The van der Waals surface area contributed by atoms with E-state index in [1.54, 1.807) is 12.3 Å². The molecule has 19 heavy (non-hydrogen) atoms. The quantitative estimate of drug-likeness (QED) is 0.752. The lowest BCUT2D eigenvalue weighted by molar-refractivity contribution is -0.120. The Morgan fingerprint density at radius 1 is 1.26 bits per heavy atom. The molecule has 0 radical (unpaired) electrons. The molecule has 2 aromatic heterocycles. The Bertz CT molecular complexity index is 683. The molecule has 0 aliphatic heterocycles. The average Bonchev–Trinajstić information content (AvgIpc) is 3.07. The van der Waals surface area contributed by atoms with Gasteiger partial charge in [-0.2, -0.15) is 0 Å². The zero-order valence-corrected chi connectivity index (χ0v) is 10.3. The molecule has 2 heterocycles. The lowest BCUT2D eigenvalue weighted by Gasteiger charge is -2.04. The SMILES string of the molecule is O=C(Cc1ccc2cc[nH]c2c1)NCc1ccco1. The zero-order valence-electron chi connectivity index (χ0n) is 10.3. The number of furan rings is 1. The highest BCUT2D eigenvalue weighted by Crippen LogP contribution is 2.14. The van der Waals surface area contributed by atoms with Crippen molar-refractivity contribution in [3.63, 3.8) is 0 Å². The van der Waals surface area contributed by atoms with E-state index >= 15 is 0 Å². The van der Waals surface area contributed by atoms with E-state index in [2.05, 4.69) is 10.3 Å². The molecule has 0 aliphatic carbocycles. The molecule has 3 aromatic rings. The summed E-state index contributed by atoms with van der Waals surface area (Å²) in [4.78, 5) is 15.0. The van der Waals surface area contributed by atoms with Crippen LogP contribution in [0.4, 0.5) is 0 Å². The number of hydrogen-bond donors (Lipinski definition) is 2. The molecule has 1 aromatic carbocycles. The molecular formula is C15H14N2O2. The van der Waals surface area contributed by atoms with Crippen molar-refractivity contribution >= 4 is 16.8 Å². The highest BCUT2D eigenvalue weighted by Gasteiger charge is 2.05. The third-order valence-electron chi connectivity index (χ3n) is 3.02. The van der Waals surface area contributed by atoms with E-state index in [4.69, 9.17) is 4.42 Å². The Morgan fingerprint density at radius 2 is 2.21 bits per heavy atom. The van der Waals surface area contributed by atoms with E-state index in [1.165, 1.54) is 0 Å². The number of carbonyl (C=O) groups excluding carboxylic acids is 1. The second-order valence-corrected chi connectivity index (χ2v) is 4.43. The number of fused-ring (bicyclic) bond motifs is 1. The number of amides is 1. The normalized spacial score (nSPS) is 10.7. The highest BCUT2D eigenvalue weighted by atomic mass is 16.3. The predicted molar refractivity (Wildman–Crippen MR) is 72.6 cm³/mol. The maximum absolute atomic E-state index is 11.8. The predicted octanol–water partition coefficient (Wildman–Crippen LogP) is 2.62. The van der Waals surface area contributed by atoms with Gasteiger partial charge in [0.25, 0.3) is 0 Å². The Hall–Kier alpha value is -2.49. The Balaban J connectivity index is 1.62. The van der Waals surface area contributed by atoms with Crippen LogP contribution in [0, 0.1) is 0 Å². The summed E-state index contributed by atoms with van der Waals surface area (Å²) >= 11 is 0. The lowest BCUT2D eigenvalue weighted by Crippen LogP contribution is -2.24. The minimum atomic E-state index is -0.0118. The van der Waals surface area contributed by atoms with Crippen LogP contribution in [0.2, 0.25) is 0 Å². The number of carbonyl (C=O) groups is 1. The van der Waals surface area contributed by atoms with Crippen LogP contribution in [0.3, 0.4) is 0 Å². The molecule has 3 rings (SSSR count). The van der Waals surface area contributed by atoms with Gasteiger partial charge in [0.05, 0.1) is 19.2 Å². The molecule has 4 nitrogen and oxygen atoms in total. The van der Waals surface area contributed by atoms with Crippen LogP contribution in [0.5, 0.6) is 0 Å². The molecule has 0 atom stereocenters. The van der Waals surface area contributed by atoms with E-state index in [9.17, 15) is 4.79 Å². The summed E-state index contributed by atoms with van der Waals surface area (Å²) in [6.07, 6.45) is 3.86. The van der Waals surface area contributed by atoms with Crippen LogP contribution in [0.25, 0.3) is 10.9 Å². The number of aromatic nitrogens is 1. The second-order valence-electron chi connectivity index (χ2n) is 4.43. The maximum atomic E-state index is 11.8. The van der Waals surface area contributed by atoms with Crippen LogP contribution >= 0.6 is 0 Å². The second kappa shape index (κ2) is 5.02. The van der Waals surface area contributed by atoms with Crippen molar-refractivity contribution in [2.24, 2.45) is 0 Å². The first-order valence-electron chi connectivity index (χ1n) is 6.16. The van der Waals surface area contributed by atoms with Gasteiger partial charge in [-0.25, -0.2) is 0 Å². The van der Waals surface area contributed by atoms with Crippen molar-refractivity contribution in [3.05, 3.63) is 60.2 Å². The number of hydrogen-bond acceptors (Lipinski definition) is 2. The van der Waals surface area contributed by atoms with Crippen molar-refractivity contribution in [1.29, 1.82) is 0 Å². The summed E-state index contributed by atoms with van der Waals surface area (Å²) in [5.74, 6) is 0.746. The number of benzene rings is 1. The Kier molecular flexibility index (Phi) is 3.06. The molecule has 4 heteroatoms. The first-order valence-corrected chi connectivity index (χ1v) is 6.16. The highest BCUT2D eigenvalue weighted by molar-refractivity contribution is 5.83. The molecule has 0 saturated carbocycles. The third-order valence-corrected chi connectivity index (χ3v) is 3.02. The van der Waals surface area contributed by atoms with Gasteiger partial charge in [-0.3, -0.25) is 4.79 Å². The van der Waals surface area contributed by atoms with E-state index in [0.717, 1.165) is 22.2 Å². The minimum absolute atomic E-state index is 0.0118. The molecule has 1 amide bonds. The van der Waals surface area contributed by atoms with Crippen molar-refractivity contribution in [2.75, 3.05) is 0 Å². The first kappa shape index (κ1) is 11.6. The molecule has 96 valence electrons. The van der Waals surface area contributed by atoms with Crippen molar-refractivity contribution < 1.29 is 9.21 Å². The number of nitrogens with one attached hydrogen (secondary N) is 2. The van der Waals surface area contributed by atoms with Crippen LogP contribution < -0.4 is 5.32 Å². The number of rotatable bonds is 4. The van der Waals surface area contributed by atoms with Crippen molar-refractivity contribution in [3.8, 4) is 0 Å². The van der Waals surface area contributed by atoms with E-state index in [-0.39, 0.29) is 5.91 Å². The van der Waals surface area contributed by atoms with Crippen LogP contribution in [-0.2, 0) is 17.8 Å². The maximum Gasteiger partial charge on any atom is 0.224 e. The molecular weight excluding hydrogens is 240 g/mol. The van der Waals surface area contributed by atoms with Gasteiger partial charge in [0.1, 0.15) is 5.76 Å². The summed E-state index contributed by atoms with van der Waals surface area (Å²) in [6, 6.07) is 11.6. The fraction of sp³-hybridized carbons (Fsp3) is 0.133. The smallest absolute Gasteiger partial charge is 0.224 e. The summed E-state index contributed by atoms with van der Waals surface area (Å²) in [5.41, 5.74) is 2.04. The largest absolute Gasteiger partial charge is 0.467 e. The Morgan fingerprint density at radius 3 is 3.05 bits per heavy atom. The van der Waals surface area contributed by atoms with Crippen molar-refractivity contribution in [2.45, 2.75) is 13.0 Å². The molecule has 0 aliphatic rings. The number of H-pyrrole nitrogens is 1. The molecule has 0 fully saturated rings. The van der Waals surface area contributed by atoms with Gasteiger partial charge < -0.3 is 14.7 Å². The summed E-state index contributed by atoms with van der Waals surface area (Å²) in [6.45, 7) is 0.427. The first-order chi connectivity index (χ1) is 9.31. The van der Waals surface area contributed by atoms with Crippen LogP contribution in [0.1, 0.15) is 11.3 Å². The Labute approximate surface area is 110 Å². The zero-order chi connectivity index (χ0) is 13.1. The summed E-state index contributed by atoms with van der Waals surface area (Å²) < 4.78 is 5.16.